The quantitative estimate of drug-likeness (QED) is 0.246. The number of rotatable bonds is 3. The van der Waals surface area contributed by atoms with Gasteiger partial charge in [0.15, 0.2) is 17.5 Å². The van der Waals surface area contributed by atoms with Crippen molar-refractivity contribution in [2.45, 2.75) is 95.1 Å². The zero-order valence-corrected chi connectivity index (χ0v) is 22.3. The third-order valence-electron chi connectivity index (χ3n) is 8.51. The molecule has 4 rings (SSSR count). The van der Waals surface area contributed by atoms with Gasteiger partial charge in [-0.05, 0) is 19.8 Å². The number of fused-ring (bicyclic) bond motifs is 2. The molecule has 4 aliphatic rings. The van der Waals surface area contributed by atoms with Gasteiger partial charge in [0, 0.05) is 38.7 Å². The van der Waals surface area contributed by atoms with Crippen molar-refractivity contribution >= 4 is 35.5 Å². The second kappa shape index (κ2) is 9.10. The molecule has 3 aliphatic heterocycles. The summed E-state index contributed by atoms with van der Waals surface area (Å²) in [6.45, 7) is 15.1. The molecule has 0 amide bonds. The highest BCUT2D eigenvalue weighted by atomic mass is 35.5. The number of hydrogen-bond acceptors (Lipinski definition) is 10. The zero-order chi connectivity index (χ0) is 27.7. The van der Waals surface area contributed by atoms with Crippen molar-refractivity contribution in [3.8, 4) is 0 Å². The largest absolute Gasteiger partial charge is 0.462 e. The van der Waals surface area contributed by atoms with Crippen LogP contribution in [0, 0.1) is 17.3 Å². The molecule has 10 nitrogen and oxygen atoms in total. The molecule has 4 fully saturated rings. The number of hydrogen-bond donors (Lipinski definition) is 1. The van der Waals surface area contributed by atoms with Crippen LogP contribution in [0.4, 0.5) is 0 Å². The Balaban J connectivity index is 2.06. The van der Waals surface area contributed by atoms with E-state index < -0.39 is 82.3 Å². The molecule has 0 aromatic carbocycles. The lowest BCUT2D eigenvalue weighted by Gasteiger charge is -2.62. The Morgan fingerprint density at radius 3 is 2.19 bits per heavy atom. The average molecular weight is 541 g/mol. The van der Waals surface area contributed by atoms with Crippen LogP contribution in [-0.2, 0) is 42.9 Å². The zero-order valence-electron chi connectivity index (χ0n) is 21.6. The van der Waals surface area contributed by atoms with Gasteiger partial charge in [-0.25, -0.2) is 0 Å². The van der Waals surface area contributed by atoms with E-state index in [9.17, 15) is 24.3 Å². The number of aliphatic hydroxyl groups is 1. The van der Waals surface area contributed by atoms with Gasteiger partial charge in [0.25, 0.3) is 0 Å². The Hall–Kier alpha value is -2.43. The van der Waals surface area contributed by atoms with Gasteiger partial charge in [-0.2, -0.15) is 0 Å². The Morgan fingerprint density at radius 2 is 1.62 bits per heavy atom. The summed E-state index contributed by atoms with van der Waals surface area (Å²) in [6.07, 6.45) is -4.01. The maximum absolute atomic E-state index is 13.0. The van der Waals surface area contributed by atoms with Crippen molar-refractivity contribution in [3.05, 3.63) is 24.3 Å². The van der Waals surface area contributed by atoms with Crippen LogP contribution in [0.5, 0.6) is 0 Å². The molecule has 0 aromatic rings. The third-order valence-corrected chi connectivity index (χ3v) is 9.00. The SMILES string of the molecule is C=C1CC[C@H](OC(C)=O)[C@]2(C)[C@@H](OC(C)=O)C[C@@]3(O)O[C@]4([C@@H](C)C(=O)O[C@H]4[C@@H](Cl)C3=C)[C@@H](OC(C)=O)[C@@H]12. The summed E-state index contributed by atoms with van der Waals surface area (Å²) in [5, 5.41) is 10.8. The van der Waals surface area contributed by atoms with E-state index in [-0.39, 0.29) is 12.0 Å². The maximum atomic E-state index is 13.0. The van der Waals surface area contributed by atoms with E-state index in [2.05, 4.69) is 13.2 Å². The van der Waals surface area contributed by atoms with Gasteiger partial charge >= 0.3 is 23.9 Å². The maximum Gasteiger partial charge on any atom is 0.312 e. The molecule has 1 spiro atoms. The molecule has 11 heteroatoms. The predicted octanol–water partition coefficient (Wildman–Crippen LogP) is 2.34. The molecular formula is C26H33ClO10. The highest BCUT2D eigenvalue weighted by molar-refractivity contribution is 6.23. The average Bonchev–Trinajstić information content (AvgIpc) is 3.03. The molecule has 204 valence electrons. The van der Waals surface area contributed by atoms with Gasteiger partial charge < -0.3 is 28.8 Å². The minimum Gasteiger partial charge on any atom is -0.462 e. The Labute approximate surface area is 220 Å². The number of carbonyl (C=O) groups excluding carboxylic acids is 4. The normalized spacial score (nSPS) is 44.9. The Bertz CT molecular complexity index is 1070. The van der Waals surface area contributed by atoms with Gasteiger partial charge in [0.05, 0.1) is 16.7 Å². The summed E-state index contributed by atoms with van der Waals surface area (Å²) in [7, 11) is 0. The lowest BCUT2D eigenvalue weighted by molar-refractivity contribution is -0.344. The lowest BCUT2D eigenvalue weighted by atomic mass is 9.53. The van der Waals surface area contributed by atoms with E-state index in [1.165, 1.54) is 20.8 Å². The van der Waals surface area contributed by atoms with Crippen molar-refractivity contribution in [3.63, 3.8) is 0 Å². The van der Waals surface area contributed by atoms with Crippen LogP contribution in [0.15, 0.2) is 24.3 Å². The summed E-state index contributed by atoms with van der Waals surface area (Å²) < 4.78 is 29.5. The number of halogens is 1. The Kier molecular flexibility index (Phi) is 6.79. The molecule has 2 bridgehead atoms. The fourth-order valence-corrected chi connectivity index (χ4v) is 7.20. The number of esters is 4. The highest BCUT2D eigenvalue weighted by Crippen LogP contribution is 2.62. The highest BCUT2D eigenvalue weighted by Gasteiger charge is 2.76. The van der Waals surface area contributed by atoms with Gasteiger partial charge in [-0.3, -0.25) is 19.2 Å². The topological polar surface area (TPSA) is 135 Å². The summed E-state index contributed by atoms with van der Waals surface area (Å²) in [4.78, 5) is 50.0. The Morgan fingerprint density at radius 1 is 1.05 bits per heavy atom. The molecule has 1 N–H and O–H groups in total. The van der Waals surface area contributed by atoms with E-state index in [4.69, 9.17) is 35.3 Å². The number of carbonyl (C=O) groups is 4. The second-order valence-corrected chi connectivity index (χ2v) is 11.2. The molecule has 37 heavy (non-hydrogen) atoms. The van der Waals surface area contributed by atoms with Crippen LogP contribution in [0.2, 0.25) is 0 Å². The summed E-state index contributed by atoms with van der Waals surface area (Å²) in [5.74, 6) is -6.65. The van der Waals surface area contributed by atoms with Crippen LogP contribution in [0.3, 0.4) is 0 Å². The van der Waals surface area contributed by atoms with Crippen molar-refractivity contribution in [2.24, 2.45) is 17.3 Å². The fourth-order valence-electron chi connectivity index (χ4n) is 6.78. The molecule has 0 radical (unpaired) electrons. The van der Waals surface area contributed by atoms with E-state index in [1.807, 2.05) is 0 Å². The van der Waals surface area contributed by atoms with Crippen LogP contribution < -0.4 is 0 Å². The van der Waals surface area contributed by atoms with Crippen molar-refractivity contribution < 1.29 is 48.0 Å². The molecular weight excluding hydrogens is 508 g/mol. The van der Waals surface area contributed by atoms with E-state index in [0.717, 1.165) is 0 Å². The standard InChI is InChI=1S/C26H33ClO10/c1-11-8-9-17(33-14(4)28)24(7)18(34-15(5)29)10-25(32)12(2)20(27)22-26(37-25,13(3)23(31)36-22)21(19(11)24)35-16(6)30/h13,17-22,32H,1-2,8-10H2,3-7H3/t13-,17-,18-,19+,20-,21-,22-,24+,25+,26+/m0/s1. The van der Waals surface area contributed by atoms with Gasteiger partial charge in [-0.1, -0.05) is 25.7 Å². The fraction of sp³-hybridized carbons (Fsp3) is 0.692. The number of alkyl halides is 1. The summed E-state index contributed by atoms with van der Waals surface area (Å²) in [5.41, 5.74) is -2.42. The van der Waals surface area contributed by atoms with Crippen molar-refractivity contribution in [2.75, 3.05) is 0 Å². The second-order valence-electron chi connectivity index (χ2n) is 10.7. The molecule has 3 saturated heterocycles. The van der Waals surface area contributed by atoms with E-state index in [1.54, 1.807) is 13.8 Å². The molecule has 0 unspecified atom stereocenters. The third kappa shape index (κ3) is 3.99. The predicted molar refractivity (Wildman–Crippen MR) is 128 cm³/mol. The van der Waals surface area contributed by atoms with Crippen molar-refractivity contribution in [1.29, 1.82) is 0 Å². The minimum absolute atomic E-state index is 0.00357. The monoisotopic (exact) mass is 540 g/mol. The summed E-state index contributed by atoms with van der Waals surface area (Å²) >= 11 is 6.75. The molecule has 10 atom stereocenters. The van der Waals surface area contributed by atoms with E-state index >= 15 is 0 Å². The first kappa shape index (κ1) is 27.6. The molecule has 3 heterocycles. The van der Waals surface area contributed by atoms with Crippen LogP contribution >= 0.6 is 11.6 Å². The molecule has 0 aromatic heterocycles. The smallest absolute Gasteiger partial charge is 0.312 e. The summed E-state index contributed by atoms with van der Waals surface area (Å²) in [6, 6.07) is 0. The lowest BCUT2D eigenvalue weighted by Crippen LogP contribution is -2.75. The van der Waals surface area contributed by atoms with Gasteiger partial charge in [0.1, 0.15) is 18.3 Å². The molecule has 1 saturated carbocycles. The van der Waals surface area contributed by atoms with Crippen LogP contribution in [0.1, 0.15) is 53.9 Å². The van der Waals surface area contributed by atoms with Gasteiger partial charge in [0.2, 0.25) is 0 Å². The van der Waals surface area contributed by atoms with E-state index in [0.29, 0.717) is 18.4 Å². The van der Waals surface area contributed by atoms with Crippen LogP contribution in [0.25, 0.3) is 0 Å². The first-order valence-electron chi connectivity index (χ1n) is 12.2. The first-order valence-corrected chi connectivity index (χ1v) is 12.7. The molecule has 1 aliphatic carbocycles. The minimum atomic E-state index is -2.21. The van der Waals surface area contributed by atoms with Gasteiger partial charge in [-0.15, -0.1) is 11.6 Å². The number of ether oxygens (including phenoxy) is 5. The first-order chi connectivity index (χ1) is 17.1. The van der Waals surface area contributed by atoms with Crippen LogP contribution in [-0.4, -0.2) is 70.2 Å². The van der Waals surface area contributed by atoms with Crippen molar-refractivity contribution in [1.82, 2.24) is 0 Å².